The van der Waals surface area contributed by atoms with E-state index in [1.54, 1.807) is 6.07 Å². The molecule has 0 bridgehead atoms. The zero-order chi connectivity index (χ0) is 13.2. The van der Waals surface area contributed by atoms with Gasteiger partial charge in [0.25, 0.3) is 0 Å². The van der Waals surface area contributed by atoms with E-state index in [1.165, 1.54) is 6.26 Å². The van der Waals surface area contributed by atoms with Crippen molar-refractivity contribution in [3.63, 3.8) is 0 Å². The van der Waals surface area contributed by atoms with Crippen LogP contribution in [-0.2, 0) is 32.3 Å². The van der Waals surface area contributed by atoms with E-state index in [-0.39, 0.29) is 37.0 Å². The lowest BCUT2D eigenvalue weighted by Gasteiger charge is -2.00. The van der Waals surface area contributed by atoms with Gasteiger partial charge in [0.05, 0.1) is 18.1 Å². The minimum Gasteiger partial charge on any atom is -0.465 e. The van der Waals surface area contributed by atoms with Crippen molar-refractivity contribution in [2.24, 2.45) is 11.8 Å². The van der Waals surface area contributed by atoms with E-state index in [9.17, 15) is 9.59 Å². The van der Waals surface area contributed by atoms with E-state index in [0.29, 0.717) is 5.76 Å². The number of esters is 2. The maximum absolute atomic E-state index is 11.4. The number of hydrogen-bond donors (Lipinski definition) is 0. The fraction of sp³-hybridized carbons (Fsp3) is 0.571. The highest BCUT2D eigenvalue weighted by Crippen LogP contribution is 2.31. The summed E-state index contributed by atoms with van der Waals surface area (Å²) in [7, 11) is 0. The molecule has 2 saturated carbocycles. The maximum atomic E-state index is 11.4. The number of ether oxygens (including phenoxy) is 2. The average Bonchev–Trinajstić information content (AvgIpc) is 3.29. The van der Waals surface area contributed by atoms with Crippen LogP contribution in [0, 0.1) is 11.8 Å². The van der Waals surface area contributed by atoms with Gasteiger partial charge in [-0.3, -0.25) is 9.59 Å². The summed E-state index contributed by atoms with van der Waals surface area (Å²) < 4.78 is 15.5. The van der Waals surface area contributed by atoms with Gasteiger partial charge < -0.3 is 13.9 Å². The zero-order valence-electron chi connectivity index (χ0n) is 10.6. The molecule has 0 unspecified atom stereocenters. The summed E-state index contributed by atoms with van der Waals surface area (Å²) in [6.45, 7) is 0.362. The van der Waals surface area contributed by atoms with Crippen LogP contribution in [-0.4, -0.2) is 11.9 Å². The predicted octanol–water partition coefficient (Wildman–Crippen LogP) is 2.19. The Bertz CT molecular complexity index is 439. The van der Waals surface area contributed by atoms with E-state index in [1.807, 2.05) is 0 Å². The minimum atomic E-state index is -0.155. The summed E-state index contributed by atoms with van der Waals surface area (Å²) >= 11 is 0. The zero-order valence-corrected chi connectivity index (χ0v) is 10.6. The normalized spacial score (nSPS) is 18.1. The van der Waals surface area contributed by atoms with Gasteiger partial charge >= 0.3 is 11.9 Å². The Kier molecular flexibility index (Phi) is 3.27. The van der Waals surface area contributed by atoms with Crippen molar-refractivity contribution in [1.82, 2.24) is 0 Å². The van der Waals surface area contributed by atoms with Crippen LogP contribution in [0.3, 0.4) is 0 Å². The van der Waals surface area contributed by atoms with Gasteiger partial charge in [-0.1, -0.05) is 0 Å². The lowest BCUT2D eigenvalue weighted by Crippen LogP contribution is -2.06. The number of carbonyl (C=O) groups is 2. The molecular weight excluding hydrogens is 248 g/mol. The van der Waals surface area contributed by atoms with Crippen LogP contribution in [0.5, 0.6) is 0 Å². The second-order valence-corrected chi connectivity index (χ2v) is 5.19. The van der Waals surface area contributed by atoms with E-state index in [0.717, 1.165) is 31.2 Å². The first kappa shape index (κ1) is 12.3. The summed E-state index contributed by atoms with van der Waals surface area (Å²) in [5.74, 6) is 0.479. The summed E-state index contributed by atoms with van der Waals surface area (Å²) in [5.41, 5.74) is 0.784. The summed E-state index contributed by atoms with van der Waals surface area (Å²) in [5, 5.41) is 0. The molecule has 0 N–H and O–H groups in total. The number of furan rings is 1. The molecule has 1 aromatic heterocycles. The fourth-order valence-corrected chi connectivity index (χ4v) is 1.75. The van der Waals surface area contributed by atoms with Crippen LogP contribution >= 0.6 is 0 Å². The molecule has 0 amide bonds. The predicted molar refractivity (Wildman–Crippen MR) is 63.7 cm³/mol. The van der Waals surface area contributed by atoms with Crippen molar-refractivity contribution in [2.45, 2.75) is 38.9 Å². The molecule has 5 heteroatoms. The van der Waals surface area contributed by atoms with E-state index < -0.39 is 0 Å². The molecule has 0 atom stereocenters. The average molecular weight is 264 g/mol. The molecule has 5 nitrogen and oxygen atoms in total. The van der Waals surface area contributed by atoms with Gasteiger partial charge in [-0.2, -0.15) is 0 Å². The molecule has 0 saturated heterocycles. The molecule has 0 aromatic carbocycles. The summed E-state index contributed by atoms with van der Waals surface area (Å²) in [6, 6.07) is 1.75. The summed E-state index contributed by atoms with van der Waals surface area (Å²) in [6.07, 6.45) is 5.26. The van der Waals surface area contributed by atoms with Gasteiger partial charge in [-0.05, 0) is 31.7 Å². The van der Waals surface area contributed by atoms with Gasteiger partial charge in [0.15, 0.2) is 0 Å². The number of carbonyl (C=O) groups excluding carboxylic acids is 2. The highest BCUT2D eigenvalue weighted by Gasteiger charge is 2.32. The minimum absolute atomic E-state index is 0.0916. The quantitative estimate of drug-likeness (QED) is 0.737. The van der Waals surface area contributed by atoms with Crippen LogP contribution in [0.1, 0.15) is 37.0 Å². The van der Waals surface area contributed by atoms with Crippen LogP contribution in [0.15, 0.2) is 16.7 Å². The second kappa shape index (κ2) is 5.07. The molecule has 0 radical (unpaired) electrons. The molecule has 2 aliphatic rings. The molecular formula is C14H16O5. The topological polar surface area (TPSA) is 65.7 Å². The first-order valence-corrected chi connectivity index (χ1v) is 6.62. The first-order chi connectivity index (χ1) is 9.22. The standard InChI is InChI=1S/C14H16O5/c15-13(10-1-2-10)18-7-9-5-12(17-6-9)8-19-14(16)11-3-4-11/h5-6,10-11H,1-4,7-8H2. The van der Waals surface area contributed by atoms with Crippen molar-refractivity contribution in [2.75, 3.05) is 0 Å². The third-order valence-electron chi connectivity index (χ3n) is 3.27. The first-order valence-electron chi connectivity index (χ1n) is 6.62. The monoisotopic (exact) mass is 264 g/mol. The number of rotatable bonds is 6. The van der Waals surface area contributed by atoms with Gasteiger partial charge in [0.2, 0.25) is 0 Å². The second-order valence-electron chi connectivity index (χ2n) is 5.19. The van der Waals surface area contributed by atoms with Crippen LogP contribution < -0.4 is 0 Å². The molecule has 0 spiro atoms. The Morgan fingerprint density at radius 1 is 1.05 bits per heavy atom. The van der Waals surface area contributed by atoms with Gasteiger partial charge in [0.1, 0.15) is 19.0 Å². The Labute approximate surface area is 110 Å². The SMILES string of the molecule is O=C(OCc1coc(COC(=O)C2CC2)c1)C1CC1. The molecule has 2 fully saturated rings. The molecule has 1 heterocycles. The molecule has 2 aliphatic carbocycles. The van der Waals surface area contributed by atoms with E-state index in [2.05, 4.69) is 0 Å². The van der Waals surface area contributed by atoms with Crippen molar-refractivity contribution in [1.29, 1.82) is 0 Å². The molecule has 0 aliphatic heterocycles. The largest absolute Gasteiger partial charge is 0.465 e. The lowest BCUT2D eigenvalue weighted by atomic mass is 10.3. The highest BCUT2D eigenvalue weighted by atomic mass is 16.5. The third-order valence-corrected chi connectivity index (χ3v) is 3.27. The van der Waals surface area contributed by atoms with Crippen molar-refractivity contribution in [3.05, 3.63) is 23.7 Å². The highest BCUT2D eigenvalue weighted by molar-refractivity contribution is 5.75. The lowest BCUT2D eigenvalue weighted by molar-refractivity contribution is -0.147. The Morgan fingerprint density at radius 2 is 1.63 bits per heavy atom. The van der Waals surface area contributed by atoms with Gasteiger partial charge in [-0.15, -0.1) is 0 Å². The van der Waals surface area contributed by atoms with Gasteiger partial charge in [-0.25, -0.2) is 0 Å². The molecule has 19 heavy (non-hydrogen) atoms. The Morgan fingerprint density at radius 3 is 2.21 bits per heavy atom. The van der Waals surface area contributed by atoms with Crippen molar-refractivity contribution >= 4 is 11.9 Å². The molecule has 1 aromatic rings. The van der Waals surface area contributed by atoms with Gasteiger partial charge in [0, 0.05) is 5.56 Å². The fourth-order valence-electron chi connectivity index (χ4n) is 1.75. The van der Waals surface area contributed by atoms with Crippen LogP contribution in [0.2, 0.25) is 0 Å². The van der Waals surface area contributed by atoms with E-state index in [4.69, 9.17) is 13.9 Å². The Hall–Kier alpha value is -1.78. The molecule has 3 rings (SSSR count). The van der Waals surface area contributed by atoms with Crippen molar-refractivity contribution in [3.8, 4) is 0 Å². The summed E-state index contributed by atoms with van der Waals surface area (Å²) in [4.78, 5) is 22.7. The molecule has 102 valence electrons. The third kappa shape index (κ3) is 3.36. The Balaban J connectivity index is 1.42. The van der Waals surface area contributed by atoms with Crippen molar-refractivity contribution < 1.29 is 23.5 Å². The van der Waals surface area contributed by atoms with Crippen LogP contribution in [0.25, 0.3) is 0 Å². The number of hydrogen-bond acceptors (Lipinski definition) is 5. The smallest absolute Gasteiger partial charge is 0.309 e. The van der Waals surface area contributed by atoms with E-state index >= 15 is 0 Å². The van der Waals surface area contributed by atoms with Crippen LogP contribution in [0.4, 0.5) is 0 Å². The maximum Gasteiger partial charge on any atom is 0.309 e.